The highest BCUT2D eigenvalue weighted by molar-refractivity contribution is 5.82. The number of nitrogens with zero attached hydrogens (tertiary/aromatic N) is 5. The van der Waals surface area contributed by atoms with Gasteiger partial charge in [-0.2, -0.15) is 0 Å². The van der Waals surface area contributed by atoms with Crippen LogP contribution in [0.1, 0.15) is 34.1 Å². The second-order valence-corrected chi connectivity index (χ2v) is 8.75. The highest BCUT2D eigenvalue weighted by atomic mass is 16.1. The molecule has 7 heteroatoms. The van der Waals surface area contributed by atoms with Crippen LogP contribution in [0.3, 0.4) is 0 Å². The van der Waals surface area contributed by atoms with E-state index in [-0.39, 0.29) is 5.56 Å². The fourth-order valence-corrected chi connectivity index (χ4v) is 4.96. The number of pyridine rings is 1. The van der Waals surface area contributed by atoms with Gasteiger partial charge in [-0.25, -0.2) is 4.68 Å². The van der Waals surface area contributed by atoms with Gasteiger partial charge in [0.15, 0.2) is 5.82 Å². The van der Waals surface area contributed by atoms with Gasteiger partial charge in [-0.1, -0.05) is 66.7 Å². The lowest BCUT2D eigenvalue weighted by atomic mass is 10.0. The summed E-state index contributed by atoms with van der Waals surface area (Å²) in [4.78, 5) is 18.9. The van der Waals surface area contributed by atoms with Gasteiger partial charge < -0.3 is 9.88 Å². The van der Waals surface area contributed by atoms with Crippen LogP contribution in [-0.4, -0.2) is 31.7 Å². The highest BCUT2D eigenvalue weighted by Gasteiger charge is 2.34. The first-order valence-corrected chi connectivity index (χ1v) is 11.5. The van der Waals surface area contributed by atoms with Crippen LogP contribution in [0.2, 0.25) is 0 Å². The molecule has 0 aliphatic carbocycles. The second-order valence-electron chi connectivity index (χ2n) is 8.75. The molecule has 1 N–H and O–H groups in total. The summed E-state index contributed by atoms with van der Waals surface area (Å²) in [5.41, 5.74) is 5.90. The van der Waals surface area contributed by atoms with Gasteiger partial charge in [0, 0.05) is 17.8 Å². The number of benzene rings is 3. The third kappa shape index (κ3) is 3.46. The summed E-state index contributed by atoms with van der Waals surface area (Å²) in [6, 6.07) is 26.1. The molecular formula is C27H24N6O. The number of aromatic amines is 1. The molecule has 0 fully saturated rings. The Kier molecular flexibility index (Phi) is 4.95. The van der Waals surface area contributed by atoms with Gasteiger partial charge in [-0.05, 0) is 58.0 Å². The molecule has 3 heterocycles. The number of aryl methyl sites for hydroxylation is 1. The van der Waals surface area contributed by atoms with Crippen LogP contribution in [0.4, 0.5) is 5.69 Å². The molecule has 2 aromatic heterocycles. The van der Waals surface area contributed by atoms with E-state index < -0.39 is 6.04 Å². The molecule has 7 nitrogen and oxygen atoms in total. The zero-order chi connectivity index (χ0) is 23.1. The standard InChI is InChI=1S/C27H24N6O/c1-18-8-7-12-21-16-22(27(34)28-24(18)21)25(32-15-14-20-11-5-6-13-23(20)32)26-29-30-31-33(26)17-19-9-3-2-4-10-19/h2-13,16,25H,14-15,17H2,1H3,(H,28,34)/t25-/m0/s1. The zero-order valence-electron chi connectivity index (χ0n) is 18.8. The molecule has 0 saturated heterocycles. The summed E-state index contributed by atoms with van der Waals surface area (Å²) >= 11 is 0. The minimum absolute atomic E-state index is 0.120. The van der Waals surface area contributed by atoms with E-state index in [1.54, 1.807) is 4.68 Å². The van der Waals surface area contributed by atoms with Crippen LogP contribution in [0.5, 0.6) is 0 Å². The summed E-state index contributed by atoms with van der Waals surface area (Å²) in [5.74, 6) is 0.651. The first kappa shape index (κ1) is 20.4. The van der Waals surface area contributed by atoms with Gasteiger partial charge in [0.25, 0.3) is 5.56 Å². The summed E-state index contributed by atoms with van der Waals surface area (Å²) in [6.45, 7) is 3.32. The van der Waals surface area contributed by atoms with E-state index in [0.29, 0.717) is 17.9 Å². The van der Waals surface area contributed by atoms with E-state index in [9.17, 15) is 4.79 Å². The molecule has 34 heavy (non-hydrogen) atoms. The van der Waals surface area contributed by atoms with Crippen LogP contribution >= 0.6 is 0 Å². The van der Waals surface area contributed by atoms with E-state index in [1.165, 1.54) is 5.56 Å². The largest absolute Gasteiger partial charge is 0.357 e. The van der Waals surface area contributed by atoms with Gasteiger partial charge >= 0.3 is 0 Å². The van der Waals surface area contributed by atoms with Crippen LogP contribution in [0.15, 0.2) is 83.7 Å². The monoisotopic (exact) mass is 448 g/mol. The number of nitrogens with one attached hydrogen (secondary N) is 1. The van der Waals surface area contributed by atoms with Crippen LogP contribution in [-0.2, 0) is 13.0 Å². The average molecular weight is 449 g/mol. The van der Waals surface area contributed by atoms with E-state index >= 15 is 0 Å². The van der Waals surface area contributed by atoms with E-state index in [2.05, 4.69) is 55.7 Å². The molecule has 0 saturated carbocycles. The Morgan fingerprint density at radius 1 is 1.00 bits per heavy atom. The van der Waals surface area contributed by atoms with Gasteiger partial charge in [0.1, 0.15) is 6.04 Å². The molecule has 5 aromatic rings. The van der Waals surface area contributed by atoms with E-state index in [0.717, 1.165) is 40.7 Å². The van der Waals surface area contributed by atoms with Crippen molar-refractivity contribution in [2.45, 2.75) is 25.9 Å². The molecule has 168 valence electrons. The first-order valence-electron chi connectivity index (χ1n) is 11.5. The number of para-hydroxylation sites is 2. The lowest BCUT2D eigenvalue weighted by Gasteiger charge is -2.29. The minimum Gasteiger partial charge on any atom is -0.357 e. The fraction of sp³-hybridized carbons (Fsp3) is 0.185. The summed E-state index contributed by atoms with van der Waals surface area (Å²) in [7, 11) is 0. The summed E-state index contributed by atoms with van der Waals surface area (Å²) in [5, 5.41) is 13.8. The van der Waals surface area contributed by atoms with Crippen LogP contribution in [0.25, 0.3) is 10.9 Å². The molecule has 0 unspecified atom stereocenters. The van der Waals surface area contributed by atoms with Crippen molar-refractivity contribution in [1.29, 1.82) is 0 Å². The lowest BCUT2D eigenvalue weighted by molar-refractivity contribution is 0.577. The van der Waals surface area contributed by atoms with Crippen molar-refractivity contribution in [3.05, 3.63) is 117 Å². The number of tetrazole rings is 1. The Bertz CT molecular complexity index is 1540. The van der Waals surface area contributed by atoms with Crippen molar-refractivity contribution in [3.63, 3.8) is 0 Å². The zero-order valence-corrected chi connectivity index (χ0v) is 18.8. The SMILES string of the molecule is Cc1cccc2cc([C@@H](c3nnnn3Cc3ccccc3)N3CCc4ccccc43)c(=O)[nH]c12. The maximum absolute atomic E-state index is 13.5. The molecule has 6 rings (SSSR count). The van der Waals surface area contributed by atoms with Crippen LogP contribution in [0, 0.1) is 6.92 Å². The third-order valence-corrected chi connectivity index (χ3v) is 6.63. The van der Waals surface area contributed by atoms with Gasteiger partial charge in [-0.3, -0.25) is 4.79 Å². The Labute approximate surface area is 196 Å². The van der Waals surface area contributed by atoms with Gasteiger partial charge in [-0.15, -0.1) is 5.10 Å². The molecule has 0 amide bonds. The molecule has 0 spiro atoms. The maximum Gasteiger partial charge on any atom is 0.254 e. The predicted octanol–water partition coefficient (Wildman–Crippen LogP) is 4.02. The summed E-state index contributed by atoms with van der Waals surface area (Å²) < 4.78 is 1.81. The number of fused-ring (bicyclic) bond motifs is 2. The Morgan fingerprint density at radius 3 is 2.71 bits per heavy atom. The van der Waals surface area contributed by atoms with Crippen molar-refractivity contribution in [3.8, 4) is 0 Å². The minimum atomic E-state index is -0.420. The van der Waals surface area contributed by atoms with Crippen molar-refractivity contribution < 1.29 is 0 Å². The van der Waals surface area contributed by atoms with Crippen molar-refractivity contribution >= 4 is 16.6 Å². The summed E-state index contributed by atoms with van der Waals surface area (Å²) in [6.07, 6.45) is 0.914. The van der Waals surface area contributed by atoms with Gasteiger partial charge in [0.2, 0.25) is 0 Å². The lowest BCUT2D eigenvalue weighted by Crippen LogP contribution is -2.34. The van der Waals surface area contributed by atoms with Gasteiger partial charge in [0.05, 0.1) is 12.1 Å². The number of aromatic nitrogens is 5. The molecule has 0 radical (unpaired) electrons. The highest BCUT2D eigenvalue weighted by Crippen LogP contribution is 2.37. The molecule has 3 aromatic carbocycles. The number of rotatable bonds is 5. The van der Waals surface area contributed by atoms with Crippen molar-refractivity contribution in [1.82, 2.24) is 25.2 Å². The third-order valence-electron chi connectivity index (χ3n) is 6.63. The Balaban J connectivity index is 1.54. The van der Waals surface area contributed by atoms with Crippen molar-refractivity contribution in [2.24, 2.45) is 0 Å². The van der Waals surface area contributed by atoms with E-state index in [1.807, 2.05) is 55.5 Å². The molecule has 0 bridgehead atoms. The Morgan fingerprint density at radius 2 is 1.82 bits per heavy atom. The molecule has 1 atom stereocenters. The number of H-pyrrole nitrogens is 1. The second kappa shape index (κ2) is 8.26. The number of hydrogen-bond donors (Lipinski definition) is 1. The maximum atomic E-state index is 13.5. The quantitative estimate of drug-likeness (QED) is 0.439. The number of anilines is 1. The van der Waals surface area contributed by atoms with E-state index in [4.69, 9.17) is 0 Å². The Hall–Kier alpha value is -4.26. The fourth-order valence-electron chi connectivity index (χ4n) is 4.96. The normalized spacial score (nSPS) is 13.9. The predicted molar refractivity (Wildman–Crippen MR) is 132 cm³/mol. The molecular weight excluding hydrogens is 424 g/mol. The first-order chi connectivity index (χ1) is 16.7. The van der Waals surface area contributed by atoms with Crippen molar-refractivity contribution in [2.75, 3.05) is 11.4 Å². The average Bonchev–Trinajstić information content (AvgIpc) is 3.49. The smallest absolute Gasteiger partial charge is 0.254 e. The molecule has 1 aliphatic heterocycles. The topological polar surface area (TPSA) is 79.7 Å². The molecule has 1 aliphatic rings. The number of hydrogen-bond acceptors (Lipinski definition) is 5. The van der Waals surface area contributed by atoms with Crippen LogP contribution < -0.4 is 10.5 Å².